The molecule has 0 saturated carbocycles. The lowest BCUT2D eigenvalue weighted by atomic mass is 10.2. The van der Waals surface area contributed by atoms with Gasteiger partial charge in [-0.15, -0.1) is 11.3 Å². The smallest absolute Gasteiger partial charge is 0.193 e. The lowest BCUT2D eigenvalue weighted by Crippen LogP contribution is -2.44. The van der Waals surface area contributed by atoms with Gasteiger partial charge in [0.2, 0.25) is 0 Å². The predicted molar refractivity (Wildman–Crippen MR) is 115 cm³/mol. The van der Waals surface area contributed by atoms with Crippen molar-refractivity contribution in [3.63, 3.8) is 0 Å². The van der Waals surface area contributed by atoms with Gasteiger partial charge >= 0.3 is 0 Å². The number of benzene rings is 1. The van der Waals surface area contributed by atoms with Crippen LogP contribution >= 0.6 is 22.9 Å². The highest BCUT2D eigenvalue weighted by Gasteiger charge is 2.25. The van der Waals surface area contributed by atoms with Gasteiger partial charge in [-0.1, -0.05) is 11.6 Å². The minimum atomic E-state index is 0.292. The van der Waals surface area contributed by atoms with E-state index >= 15 is 0 Å². The van der Waals surface area contributed by atoms with Crippen molar-refractivity contribution in [2.75, 3.05) is 32.1 Å². The fourth-order valence-electron chi connectivity index (χ4n) is 3.43. The van der Waals surface area contributed by atoms with E-state index in [1.54, 1.807) is 25.5 Å². The van der Waals surface area contributed by atoms with Crippen LogP contribution in [-0.2, 0) is 6.54 Å². The van der Waals surface area contributed by atoms with Gasteiger partial charge in [0.25, 0.3) is 0 Å². The molecule has 3 aromatic rings. The van der Waals surface area contributed by atoms with E-state index in [2.05, 4.69) is 25.5 Å². The van der Waals surface area contributed by atoms with E-state index in [0.717, 1.165) is 47.6 Å². The van der Waals surface area contributed by atoms with E-state index in [-0.39, 0.29) is 0 Å². The second-order valence-electron chi connectivity index (χ2n) is 6.64. The zero-order chi connectivity index (χ0) is 19.5. The molecular formula is C19H23ClN6OS. The molecule has 1 aliphatic rings. The lowest BCUT2D eigenvalue weighted by molar-refractivity contribution is 0.415. The van der Waals surface area contributed by atoms with Crippen molar-refractivity contribution < 1.29 is 4.74 Å². The van der Waals surface area contributed by atoms with E-state index in [9.17, 15) is 0 Å². The number of aromatic nitrogens is 2. The van der Waals surface area contributed by atoms with Gasteiger partial charge in [-0.3, -0.25) is 9.39 Å². The molecule has 1 aliphatic heterocycles. The third-order valence-corrected chi connectivity index (χ3v) is 5.82. The fourth-order valence-corrected chi connectivity index (χ4v) is 4.32. The van der Waals surface area contributed by atoms with Gasteiger partial charge in [0, 0.05) is 49.0 Å². The fraction of sp³-hybridized carbons (Fsp3) is 0.368. The summed E-state index contributed by atoms with van der Waals surface area (Å²) in [6.45, 7) is 2.42. The molecule has 4 rings (SSSR count). The molecule has 1 atom stereocenters. The number of hydrogen-bond donors (Lipinski definition) is 2. The molecule has 7 nitrogen and oxygen atoms in total. The summed E-state index contributed by atoms with van der Waals surface area (Å²) in [5.74, 6) is 1.62. The van der Waals surface area contributed by atoms with Crippen molar-refractivity contribution in [3.05, 3.63) is 46.7 Å². The van der Waals surface area contributed by atoms with Crippen molar-refractivity contribution in [3.8, 4) is 5.75 Å². The number of nitrogens with zero attached hydrogens (tertiary/aromatic N) is 4. The first kappa shape index (κ1) is 18.9. The molecular weight excluding hydrogens is 396 g/mol. The molecule has 0 bridgehead atoms. The molecule has 1 fully saturated rings. The first-order valence-electron chi connectivity index (χ1n) is 9.13. The second kappa shape index (κ2) is 8.28. The Morgan fingerprint density at radius 2 is 2.36 bits per heavy atom. The first-order chi connectivity index (χ1) is 13.7. The summed E-state index contributed by atoms with van der Waals surface area (Å²) in [5, 5.41) is 9.60. The normalized spacial score (nSPS) is 17.3. The summed E-state index contributed by atoms with van der Waals surface area (Å²) in [5.41, 5.74) is 2.02. The third-order valence-electron chi connectivity index (χ3n) is 4.81. The highest BCUT2D eigenvalue weighted by molar-refractivity contribution is 7.15. The molecule has 1 unspecified atom stereocenters. The average molecular weight is 419 g/mol. The number of hydrogen-bond acceptors (Lipinski definition) is 5. The van der Waals surface area contributed by atoms with Gasteiger partial charge in [-0.25, -0.2) is 4.98 Å². The summed E-state index contributed by atoms with van der Waals surface area (Å²) in [6.07, 6.45) is 5.06. The molecule has 2 aromatic heterocycles. The Labute approximate surface area is 173 Å². The number of imidazole rings is 1. The van der Waals surface area contributed by atoms with Crippen LogP contribution in [0.15, 0.2) is 41.0 Å². The number of fused-ring (bicyclic) bond motifs is 1. The van der Waals surface area contributed by atoms with E-state index in [0.29, 0.717) is 17.6 Å². The van der Waals surface area contributed by atoms with Gasteiger partial charge in [0.1, 0.15) is 5.75 Å². The first-order valence-corrected chi connectivity index (χ1v) is 10.4. The molecule has 1 aromatic carbocycles. The van der Waals surface area contributed by atoms with Gasteiger partial charge < -0.3 is 20.3 Å². The van der Waals surface area contributed by atoms with Crippen LogP contribution in [0.5, 0.6) is 5.75 Å². The summed E-state index contributed by atoms with van der Waals surface area (Å²) in [4.78, 5) is 12.2. The van der Waals surface area contributed by atoms with E-state index in [1.165, 1.54) is 0 Å². The van der Waals surface area contributed by atoms with Crippen molar-refractivity contribution in [2.24, 2.45) is 4.99 Å². The number of anilines is 1. The van der Waals surface area contributed by atoms with Crippen LogP contribution in [0.4, 0.5) is 5.69 Å². The number of nitrogens with one attached hydrogen (secondary N) is 2. The Morgan fingerprint density at radius 1 is 1.46 bits per heavy atom. The summed E-state index contributed by atoms with van der Waals surface area (Å²) < 4.78 is 7.52. The number of ether oxygens (including phenoxy) is 1. The van der Waals surface area contributed by atoms with Crippen LogP contribution < -0.4 is 20.3 Å². The monoisotopic (exact) mass is 418 g/mol. The van der Waals surface area contributed by atoms with E-state index in [4.69, 9.17) is 16.3 Å². The molecule has 0 aliphatic carbocycles. The Balaban J connectivity index is 1.34. The number of methoxy groups -OCH3 is 1. The van der Waals surface area contributed by atoms with Crippen LogP contribution in [0.25, 0.3) is 4.96 Å². The quantitative estimate of drug-likeness (QED) is 0.492. The second-order valence-corrected chi connectivity index (χ2v) is 7.95. The number of rotatable bonds is 5. The van der Waals surface area contributed by atoms with Crippen LogP contribution in [0.2, 0.25) is 5.02 Å². The molecule has 9 heteroatoms. The summed E-state index contributed by atoms with van der Waals surface area (Å²) >= 11 is 7.81. The van der Waals surface area contributed by atoms with Gasteiger partial charge in [-0.2, -0.15) is 0 Å². The molecule has 0 radical (unpaired) electrons. The topological polar surface area (TPSA) is 66.2 Å². The largest absolute Gasteiger partial charge is 0.495 e. The van der Waals surface area contributed by atoms with Crippen LogP contribution in [0, 0.1) is 0 Å². The van der Waals surface area contributed by atoms with Crippen molar-refractivity contribution in [1.82, 2.24) is 20.0 Å². The molecule has 1 saturated heterocycles. The maximum absolute atomic E-state index is 6.18. The zero-order valence-corrected chi connectivity index (χ0v) is 17.4. The van der Waals surface area contributed by atoms with E-state index < -0.39 is 0 Å². The number of guanidine groups is 1. The molecule has 148 valence electrons. The minimum Gasteiger partial charge on any atom is -0.495 e. The maximum Gasteiger partial charge on any atom is 0.193 e. The lowest BCUT2D eigenvalue weighted by Gasteiger charge is -2.22. The summed E-state index contributed by atoms with van der Waals surface area (Å²) in [6, 6.07) is 6.01. The third kappa shape index (κ3) is 4.02. The van der Waals surface area contributed by atoms with Gasteiger partial charge in [-0.05, 0) is 24.6 Å². The molecule has 2 N–H and O–H groups in total. The number of thiazole rings is 1. The van der Waals surface area contributed by atoms with Gasteiger partial charge in [0.15, 0.2) is 10.9 Å². The molecule has 0 amide bonds. The van der Waals surface area contributed by atoms with Crippen molar-refractivity contribution >= 4 is 39.5 Å². The Kier molecular flexibility index (Phi) is 5.59. The molecule has 28 heavy (non-hydrogen) atoms. The van der Waals surface area contributed by atoms with E-state index in [1.807, 2.05) is 40.4 Å². The van der Waals surface area contributed by atoms with Crippen molar-refractivity contribution in [2.45, 2.75) is 19.0 Å². The minimum absolute atomic E-state index is 0.292. The highest BCUT2D eigenvalue weighted by atomic mass is 35.5. The SMILES string of the molecule is CN=C(NCc1cn2ccsc2n1)NC1CCN(c2cc(Cl)ccc2OC)C1. The number of aliphatic imine (C=N–C) groups is 1. The predicted octanol–water partition coefficient (Wildman–Crippen LogP) is 3.00. The van der Waals surface area contributed by atoms with Crippen LogP contribution in [0.3, 0.4) is 0 Å². The Bertz CT molecular complexity index is 955. The highest BCUT2D eigenvalue weighted by Crippen LogP contribution is 2.33. The maximum atomic E-state index is 6.18. The Hall–Kier alpha value is -2.45. The molecule has 0 spiro atoms. The average Bonchev–Trinajstić information content (AvgIpc) is 3.41. The zero-order valence-electron chi connectivity index (χ0n) is 15.9. The summed E-state index contributed by atoms with van der Waals surface area (Å²) in [7, 11) is 3.47. The van der Waals surface area contributed by atoms with Gasteiger partial charge in [0.05, 0.1) is 25.0 Å². The van der Waals surface area contributed by atoms with Crippen LogP contribution in [-0.4, -0.2) is 48.6 Å². The number of halogens is 1. The van der Waals surface area contributed by atoms with Crippen molar-refractivity contribution in [1.29, 1.82) is 0 Å². The Morgan fingerprint density at radius 3 is 3.14 bits per heavy atom. The van der Waals surface area contributed by atoms with Crippen LogP contribution in [0.1, 0.15) is 12.1 Å². The standard InChI is InChI=1S/C19H23ClN6OS/c1-21-18(22-10-15-12-26-7-8-28-19(26)24-15)23-14-5-6-25(11-14)16-9-13(20)3-4-17(16)27-2/h3-4,7-9,12,14H,5-6,10-11H2,1-2H3,(H2,21,22,23). The molecule has 3 heterocycles.